The van der Waals surface area contributed by atoms with E-state index in [4.69, 9.17) is 25.8 Å². The molecule has 3 atom stereocenters. The first-order valence-electron chi connectivity index (χ1n) is 10.8. The molecular formula is C21H22N5O5PS3. The van der Waals surface area contributed by atoms with Gasteiger partial charge in [0.05, 0.1) is 12.9 Å². The number of amides is 1. The van der Waals surface area contributed by atoms with Crippen LogP contribution in [0.2, 0.25) is 0 Å². The molecule has 4 heterocycles. The number of carbonyl (C=O) groups excluding carboxylic acids is 2. The van der Waals surface area contributed by atoms with E-state index in [0.29, 0.717) is 29.0 Å². The zero-order valence-electron chi connectivity index (χ0n) is 18.6. The first-order chi connectivity index (χ1) is 16.9. The van der Waals surface area contributed by atoms with E-state index in [-0.39, 0.29) is 18.5 Å². The van der Waals surface area contributed by atoms with Crippen LogP contribution >= 0.6 is 27.4 Å². The van der Waals surface area contributed by atoms with Crippen LogP contribution in [0.1, 0.15) is 29.9 Å². The smallest absolute Gasteiger partial charge is 0.302 e. The molecule has 1 amide bonds. The second-order valence-electron chi connectivity index (χ2n) is 7.79. The Hall–Kier alpha value is -2.02. The minimum atomic E-state index is -1.98. The molecule has 0 aliphatic carbocycles. The number of carbonyl (C=O) groups is 2. The molecule has 14 heteroatoms. The highest BCUT2D eigenvalue weighted by Gasteiger charge is 2.41. The van der Waals surface area contributed by atoms with Gasteiger partial charge < -0.3 is 19.3 Å². The summed E-state index contributed by atoms with van der Waals surface area (Å²) in [6.07, 6.45) is 1.89. The van der Waals surface area contributed by atoms with Gasteiger partial charge in [-0.2, -0.15) is 0 Å². The second kappa shape index (κ2) is 10.5. The van der Waals surface area contributed by atoms with Crippen LogP contribution in [0.25, 0.3) is 11.2 Å². The molecular weight excluding hydrogens is 529 g/mol. The van der Waals surface area contributed by atoms with Crippen LogP contribution in [-0.2, 0) is 30.6 Å². The lowest BCUT2D eigenvalue weighted by atomic mass is 10.2. The normalized spacial score (nSPS) is 23.4. The van der Waals surface area contributed by atoms with Gasteiger partial charge >= 0.3 is 5.97 Å². The minimum absolute atomic E-state index is 0.242. The van der Waals surface area contributed by atoms with Crippen molar-refractivity contribution in [2.24, 2.45) is 0 Å². The van der Waals surface area contributed by atoms with Crippen molar-refractivity contribution in [3.05, 3.63) is 48.5 Å². The number of nitrogens with one attached hydrogen (secondary N) is 1. The van der Waals surface area contributed by atoms with Crippen LogP contribution in [0.15, 0.2) is 43.0 Å². The maximum absolute atomic E-state index is 12.6. The lowest BCUT2D eigenvalue weighted by Gasteiger charge is -2.21. The summed E-state index contributed by atoms with van der Waals surface area (Å²) in [5.41, 5.74) is 1.43. The van der Waals surface area contributed by atoms with Gasteiger partial charge in [-0.1, -0.05) is 41.0 Å². The largest absolute Gasteiger partial charge is 0.460 e. The van der Waals surface area contributed by atoms with Gasteiger partial charge in [0.1, 0.15) is 24.8 Å². The Bertz CT molecular complexity index is 1280. The molecule has 3 aromatic rings. The number of hydrogen-bond acceptors (Lipinski definition) is 11. The van der Waals surface area contributed by atoms with Crippen molar-refractivity contribution in [1.29, 1.82) is 0 Å². The Morgan fingerprint density at radius 3 is 2.74 bits per heavy atom. The maximum atomic E-state index is 12.6. The predicted octanol–water partition coefficient (Wildman–Crippen LogP) is 4.02. The summed E-state index contributed by atoms with van der Waals surface area (Å²) in [6, 6.07) is 8.85. The molecule has 10 nitrogen and oxygen atoms in total. The number of ether oxygens (including phenoxy) is 2. The van der Waals surface area contributed by atoms with E-state index < -0.39 is 23.1 Å². The van der Waals surface area contributed by atoms with E-state index in [0.717, 1.165) is 11.5 Å². The summed E-state index contributed by atoms with van der Waals surface area (Å²) in [7, 11) is 0. The third-order valence-electron chi connectivity index (χ3n) is 5.41. The van der Waals surface area contributed by atoms with Gasteiger partial charge in [-0.3, -0.25) is 14.2 Å². The molecule has 0 radical (unpaired) electrons. The molecule has 2 aromatic heterocycles. The first kappa shape index (κ1) is 24.7. The zero-order valence-corrected chi connectivity index (χ0v) is 21.9. The number of anilines is 1. The van der Waals surface area contributed by atoms with Gasteiger partial charge in [-0.25, -0.2) is 15.0 Å². The summed E-state index contributed by atoms with van der Waals surface area (Å²) >= 11 is 9.04. The molecule has 1 aromatic carbocycles. The SMILES string of the molecule is CC(=O)O[C@H]1C[C@H](n2cnc3c(NC(=O)c4ccccc4)ncnc32)O[C@@H]1COP1(=S)SCCS1. The summed E-state index contributed by atoms with van der Waals surface area (Å²) in [4.78, 5) is 37.3. The average molecular weight is 552 g/mol. The van der Waals surface area contributed by atoms with Crippen molar-refractivity contribution < 1.29 is 23.6 Å². The Balaban J connectivity index is 1.35. The molecule has 2 aliphatic rings. The maximum Gasteiger partial charge on any atom is 0.302 e. The first-order valence-corrected chi connectivity index (χ1v) is 16.7. The molecule has 0 saturated carbocycles. The van der Waals surface area contributed by atoms with Crippen LogP contribution in [0.4, 0.5) is 5.82 Å². The van der Waals surface area contributed by atoms with Gasteiger partial charge in [-0.05, 0) is 23.9 Å². The summed E-state index contributed by atoms with van der Waals surface area (Å²) in [6.45, 7) is 1.61. The topological polar surface area (TPSA) is 117 Å². The fourth-order valence-electron chi connectivity index (χ4n) is 3.86. The van der Waals surface area contributed by atoms with E-state index in [1.54, 1.807) is 57.9 Å². The molecule has 2 aliphatic heterocycles. The molecule has 0 bridgehead atoms. The molecule has 2 saturated heterocycles. The van der Waals surface area contributed by atoms with Crippen LogP contribution in [0.5, 0.6) is 0 Å². The molecule has 1 N–H and O–H groups in total. The van der Waals surface area contributed by atoms with Gasteiger partial charge in [-0.15, -0.1) is 0 Å². The monoisotopic (exact) mass is 551 g/mol. The van der Waals surface area contributed by atoms with Crippen molar-refractivity contribution in [3.63, 3.8) is 0 Å². The highest BCUT2D eigenvalue weighted by atomic mass is 33.2. The van der Waals surface area contributed by atoms with E-state index in [1.807, 2.05) is 6.07 Å². The number of rotatable bonds is 7. The van der Waals surface area contributed by atoms with E-state index >= 15 is 0 Å². The highest BCUT2D eigenvalue weighted by Crippen LogP contribution is 2.74. The number of nitrogens with zero attached hydrogens (tertiary/aromatic N) is 4. The third-order valence-corrected chi connectivity index (χ3v) is 15.3. The number of imidazole rings is 1. The number of fused-ring (bicyclic) bond motifs is 1. The van der Waals surface area contributed by atoms with Crippen LogP contribution in [0.3, 0.4) is 0 Å². The Morgan fingerprint density at radius 2 is 2.00 bits per heavy atom. The number of hydrogen-bond donors (Lipinski definition) is 1. The summed E-state index contributed by atoms with van der Waals surface area (Å²) in [5, 5.41) is 2.80. The molecule has 0 unspecified atom stereocenters. The molecule has 2 fully saturated rings. The summed E-state index contributed by atoms with van der Waals surface area (Å²) in [5.74, 6) is 1.57. The average Bonchev–Trinajstić information content (AvgIpc) is 3.57. The lowest BCUT2D eigenvalue weighted by Crippen LogP contribution is -2.30. The standard InChI is InChI=1S/C21H22N5O5PS3/c1-13(27)30-15-9-17(31-16(15)10-29-32(33)34-7-8-35-32)26-12-24-18-19(22-11-23-20(18)26)25-21(28)14-5-3-2-4-6-14/h2-6,11-12,15-17H,7-10H2,1H3,(H,22,23,25,28)/t15-,16+,17+/m0/s1. The van der Waals surface area contributed by atoms with Gasteiger partial charge in [0.2, 0.25) is 0 Å². The summed E-state index contributed by atoms with van der Waals surface area (Å²) < 4.78 is 17.6. The number of aromatic nitrogens is 4. The van der Waals surface area contributed by atoms with Gasteiger partial charge in [0.15, 0.2) is 21.7 Å². The molecule has 35 heavy (non-hydrogen) atoms. The molecule has 0 spiro atoms. The number of benzene rings is 1. The van der Waals surface area contributed by atoms with Crippen molar-refractivity contribution in [3.8, 4) is 0 Å². The van der Waals surface area contributed by atoms with E-state index in [2.05, 4.69) is 20.3 Å². The zero-order chi connectivity index (χ0) is 24.4. The van der Waals surface area contributed by atoms with Gasteiger partial charge in [0.25, 0.3) is 5.91 Å². The highest BCUT2D eigenvalue weighted by molar-refractivity contribution is 9.00. The van der Waals surface area contributed by atoms with Crippen molar-refractivity contribution in [2.75, 3.05) is 23.4 Å². The van der Waals surface area contributed by atoms with E-state index in [1.165, 1.54) is 13.3 Å². The van der Waals surface area contributed by atoms with Crippen LogP contribution in [0, 0.1) is 0 Å². The van der Waals surface area contributed by atoms with Crippen LogP contribution < -0.4 is 5.32 Å². The van der Waals surface area contributed by atoms with Gasteiger partial charge in [0, 0.05) is 30.4 Å². The Kier molecular flexibility index (Phi) is 7.42. The fraction of sp³-hybridized carbons (Fsp3) is 0.381. The van der Waals surface area contributed by atoms with E-state index in [9.17, 15) is 9.59 Å². The minimum Gasteiger partial charge on any atom is -0.460 e. The quantitative estimate of drug-likeness (QED) is 0.339. The molecule has 184 valence electrons. The third kappa shape index (κ3) is 5.55. The Labute approximate surface area is 214 Å². The van der Waals surface area contributed by atoms with Crippen LogP contribution in [-0.4, -0.2) is 61.7 Å². The second-order valence-corrected chi connectivity index (χ2v) is 18.5. The lowest BCUT2D eigenvalue weighted by molar-refractivity contribution is -0.150. The Morgan fingerprint density at radius 1 is 1.23 bits per heavy atom. The predicted molar refractivity (Wildman–Crippen MR) is 139 cm³/mol. The number of esters is 1. The van der Waals surface area contributed by atoms with Crippen molar-refractivity contribution >= 4 is 68.1 Å². The fourth-order valence-corrected chi connectivity index (χ4v) is 12.7. The van der Waals surface area contributed by atoms with Crippen molar-refractivity contribution in [2.45, 2.75) is 31.8 Å². The van der Waals surface area contributed by atoms with Crippen molar-refractivity contribution in [1.82, 2.24) is 19.5 Å². The molecule has 5 rings (SSSR count).